The zero-order valence-corrected chi connectivity index (χ0v) is 16.6. The summed E-state index contributed by atoms with van der Waals surface area (Å²) >= 11 is 0. The molecule has 3 aromatic rings. The van der Waals surface area contributed by atoms with Gasteiger partial charge in [-0.3, -0.25) is 9.59 Å². The minimum atomic E-state index is -0.0121. The van der Waals surface area contributed by atoms with Gasteiger partial charge in [-0.15, -0.1) is 0 Å². The minimum Gasteiger partial charge on any atom is -0.489 e. The summed E-state index contributed by atoms with van der Waals surface area (Å²) < 4.78 is 5.78. The molecule has 0 fully saturated rings. The van der Waals surface area contributed by atoms with Gasteiger partial charge in [0.1, 0.15) is 18.6 Å². The Morgan fingerprint density at radius 3 is 2.24 bits per heavy atom. The van der Waals surface area contributed by atoms with Crippen LogP contribution in [0.5, 0.6) is 5.75 Å². The summed E-state index contributed by atoms with van der Waals surface area (Å²) in [6.45, 7) is 1.07. The molecular weight excluding hydrogens is 362 g/mol. The third kappa shape index (κ3) is 6.04. The molecule has 1 amide bonds. The van der Waals surface area contributed by atoms with E-state index in [4.69, 9.17) is 4.74 Å². The van der Waals surface area contributed by atoms with E-state index in [1.807, 2.05) is 54.6 Å². The van der Waals surface area contributed by atoms with Gasteiger partial charge < -0.3 is 9.64 Å². The van der Waals surface area contributed by atoms with E-state index in [1.54, 1.807) is 24.1 Å². The fourth-order valence-corrected chi connectivity index (χ4v) is 3.04. The third-order valence-corrected chi connectivity index (χ3v) is 4.84. The molecule has 0 unspecified atom stereocenters. The molecule has 0 spiro atoms. The number of hydrogen-bond acceptors (Lipinski definition) is 3. The molecule has 0 aromatic heterocycles. The van der Waals surface area contributed by atoms with Crippen LogP contribution >= 0.6 is 0 Å². The number of likely N-dealkylation sites (N-methyl/N-ethyl adjacent to an activating group) is 1. The Kier molecular flexibility index (Phi) is 7.17. The number of aldehydes is 1. The monoisotopic (exact) mass is 387 g/mol. The van der Waals surface area contributed by atoms with E-state index >= 15 is 0 Å². The lowest BCUT2D eigenvalue weighted by molar-refractivity contribution is -0.129. The SMILES string of the molecule is CN(CCc1ccccc1)C(=O)Cc1ccc(OCc2ccccc2)cc1C=O. The first kappa shape index (κ1) is 20.3. The Hall–Kier alpha value is -3.40. The van der Waals surface area contributed by atoms with Gasteiger partial charge >= 0.3 is 0 Å². The second-order valence-corrected chi connectivity index (χ2v) is 6.98. The molecule has 148 valence electrons. The molecule has 0 N–H and O–H groups in total. The van der Waals surface area contributed by atoms with Gasteiger partial charge in [0, 0.05) is 19.2 Å². The molecule has 0 heterocycles. The van der Waals surface area contributed by atoms with E-state index in [0.29, 0.717) is 30.0 Å². The fourth-order valence-electron chi connectivity index (χ4n) is 3.04. The van der Waals surface area contributed by atoms with Crippen LogP contribution in [0.15, 0.2) is 78.9 Å². The number of carbonyl (C=O) groups is 2. The van der Waals surface area contributed by atoms with Gasteiger partial charge in [-0.25, -0.2) is 0 Å². The maximum Gasteiger partial charge on any atom is 0.226 e. The van der Waals surface area contributed by atoms with Crippen LogP contribution in [-0.2, 0) is 24.2 Å². The number of carbonyl (C=O) groups excluding carboxylic acids is 2. The van der Waals surface area contributed by atoms with Crippen molar-refractivity contribution in [2.45, 2.75) is 19.4 Å². The van der Waals surface area contributed by atoms with Gasteiger partial charge in [-0.1, -0.05) is 66.7 Å². The van der Waals surface area contributed by atoms with E-state index in [2.05, 4.69) is 12.1 Å². The molecule has 0 aliphatic heterocycles. The molecule has 0 bridgehead atoms. The van der Waals surface area contributed by atoms with Crippen molar-refractivity contribution in [1.29, 1.82) is 0 Å². The Morgan fingerprint density at radius 1 is 0.931 bits per heavy atom. The summed E-state index contributed by atoms with van der Waals surface area (Å²) in [4.78, 5) is 25.8. The number of hydrogen-bond donors (Lipinski definition) is 0. The maximum absolute atomic E-state index is 12.6. The lowest BCUT2D eigenvalue weighted by Gasteiger charge is -2.18. The minimum absolute atomic E-state index is 0.0121. The zero-order valence-electron chi connectivity index (χ0n) is 16.6. The highest BCUT2D eigenvalue weighted by Crippen LogP contribution is 2.19. The zero-order chi connectivity index (χ0) is 20.5. The topological polar surface area (TPSA) is 46.6 Å². The highest BCUT2D eigenvalue weighted by atomic mass is 16.5. The molecule has 0 aliphatic rings. The third-order valence-electron chi connectivity index (χ3n) is 4.84. The van der Waals surface area contributed by atoms with E-state index in [9.17, 15) is 9.59 Å². The van der Waals surface area contributed by atoms with Crippen molar-refractivity contribution in [3.05, 3.63) is 101 Å². The van der Waals surface area contributed by atoms with Gasteiger partial charge in [0.2, 0.25) is 5.91 Å². The first-order valence-corrected chi connectivity index (χ1v) is 9.68. The van der Waals surface area contributed by atoms with Crippen molar-refractivity contribution in [3.8, 4) is 5.75 Å². The molecule has 4 heteroatoms. The average Bonchev–Trinajstić information content (AvgIpc) is 2.78. The summed E-state index contributed by atoms with van der Waals surface area (Å²) in [5, 5.41) is 0. The Morgan fingerprint density at radius 2 is 1.59 bits per heavy atom. The summed E-state index contributed by atoms with van der Waals surface area (Å²) in [5.41, 5.74) is 3.45. The highest BCUT2D eigenvalue weighted by Gasteiger charge is 2.13. The van der Waals surface area contributed by atoms with Gasteiger partial charge in [-0.2, -0.15) is 0 Å². The van der Waals surface area contributed by atoms with E-state index in [1.165, 1.54) is 5.56 Å². The van der Waals surface area contributed by atoms with Crippen molar-refractivity contribution in [1.82, 2.24) is 4.90 Å². The Bertz CT molecular complexity index is 939. The van der Waals surface area contributed by atoms with Crippen LogP contribution in [0.25, 0.3) is 0 Å². The Balaban J connectivity index is 1.57. The molecule has 0 radical (unpaired) electrons. The van der Waals surface area contributed by atoms with Crippen LogP contribution in [0.2, 0.25) is 0 Å². The van der Waals surface area contributed by atoms with Crippen LogP contribution in [0, 0.1) is 0 Å². The summed E-state index contributed by atoms with van der Waals surface area (Å²) in [6, 6.07) is 25.2. The highest BCUT2D eigenvalue weighted by molar-refractivity contribution is 5.84. The van der Waals surface area contributed by atoms with Crippen LogP contribution in [0.3, 0.4) is 0 Å². The van der Waals surface area contributed by atoms with Crippen molar-refractivity contribution < 1.29 is 14.3 Å². The number of ether oxygens (including phenoxy) is 1. The van der Waals surface area contributed by atoms with Gasteiger partial charge in [0.25, 0.3) is 0 Å². The van der Waals surface area contributed by atoms with E-state index < -0.39 is 0 Å². The average molecular weight is 387 g/mol. The number of rotatable bonds is 9. The normalized spacial score (nSPS) is 10.4. The Labute approximate surface area is 171 Å². The second-order valence-electron chi connectivity index (χ2n) is 6.98. The lowest BCUT2D eigenvalue weighted by Crippen LogP contribution is -2.30. The molecule has 4 nitrogen and oxygen atoms in total. The van der Waals surface area contributed by atoms with Gasteiger partial charge in [0.15, 0.2) is 0 Å². The van der Waals surface area contributed by atoms with Crippen molar-refractivity contribution in [2.75, 3.05) is 13.6 Å². The lowest BCUT2D eigenvalue weighted by atomic mass is 10.0. The summed E-state index contributed by atoms with van der Waals surface area (Å²) in [6.07, 6.45) is 1.77. The second kappa shape index (κ2) is 10.2. The van der Waals surface area contributed by atoms with Crippen LogP contribution in [-0.4, -0.2) is 30.7 Å². The molecule has 0 saturated heterocycles. The molecule has 0 atom stereocenters. The van der Waals surface area contributed by atoms with Crippen LogP contribution in [0.1, 0.15) is 27.0 Å². The standard InChI is InChI=1S/C25H25NO3/c1-26(15-14-20-8-4-2-5-9-20)25(28)17-22-12-13-24(16-23(22)18-27)29-19-21-10-6-3-7-11-21/h2-13,16,18H,14-15,17,19H2,1H3. The van der Waals surface area contributed by atoms with Gasteiger partial charge in [-0.05, 0) is 35.2 Å². The predicted molar refractivity (Wildman–Crippen MR) is 114 cm³/mol. The fraction of sp³-hybridized carbons (Fsp3) is 0.200. The maximum atomic E-state index is 12.6. The van der Waals surface area contributed by atoms with E-state index in [0.717, 1.165) is 18.3 Å². The first-order valence-electron chi connectivity index (χ1n) is 9.68. The first-order chi connectivity index (χ1) is 14.2. The molecule has 0 saturated carbocycles. The van der Waals surface area contributed by atoms with Gasteiger partial charge in [0.05, 0.1) is 6.42 Å². The predicted octanol–water partition coefficient (Wildman–Crippen LogP) is 4.32. The van der Waals surface area contributed by atoms with Crippen molar-refractivity contribution in [3.63, 3.8) is 0 Å². The molecule has 3 aromatic carbocycles. The quantitative estimate of drug-likeness (QED) is 0.514. The molecule has 3 rings (SSSR count). The van der Waals surface area contributed by atoms with Crippen LogP contribution in [0.4, 0.5) is 0 Å². The number of benzene rings is 3. The van der Waals surface area contributed by atoms with Crippen LogP contribution < -0.4 is 4.74 Å². The smallest absolute Gasteiger partial charge is 0.226 e. The molecular formula is C25H25NO3. The van der Waals surface area contributed by atoms with Crippen molar-refractivity contribution >= 4 is 12.2 Å². The molecule has 0 aliphatic carbocycles. The summed E-state index contributed by atoms with van der Waals surface area (Å²) in [5.74, 6) is 0.603. The number of nitrogens with zero attached hydrogens (tertiary/aromatic N) is 1. The van der Waals surface area contributed by atoms with E-state index in [-0.39, 0.29) is 12.3 Å². The summed E-state index contributed by atoms with van der Waals surface area (Å²) in [7, 11) is 1.79. The van der Waals surface area contributed by atoms with Crippen molar-refractivity contribution in [2.24, 2.45) is 0 Å². The largest absolute Gasteiger partial charge is 0.489 e. The molecule has 29 heavy (non-hydrogen) atoms. The number of amides is 1.